The van der Waals surface area contributed by atoms with Crippen molar-refractivity contribution in [3.05, 3.63) is 86.6 Å². The first-order valence-electron chi connectivity index (χ1n) is 11.5. The van der Waals surface area contributed by atoms with E-state index in [1.807, 2.05) is 42.9 Å². The molecule has 0 bridgehead atoms. The van der Waals surface area contributed by atoms with Gasteiger partial charge in [-0.15, -0.1) is 0 Å². The fourth-order valence-electron chi connectivity index (χ4n) is 5.09. The Bertz CT molecular complexity index is 1290. The summed E-state index contributed by atoms with van der Waals surface area (Å²) in [5.74, 6) is -0.487. The van der Waals surface area contributed by atoms with Crippen molar-refractivity contribution in [1.82, 2.24) is 20.1 Å². The van der Waals surface area contributed by atoms with Crippen LogP contribution in [0, 0.1) is 5.41 Å². The smallest absolute Gasteiger partial charge is 0.261 e. The molecule has 33 heavy (non-hydrogen) atoms. The fraction of sp³-hybridized carbons (Fsp3) is 0.385. The monoisotopic (exact) mass is 444 g/mol. The lowest BCUT2D eigenvalue weighted by Crippen LogP contribution is -2.36. The average Bonchev–Trinajstić information content (AvgIpc) is 3.17. The van der Waals surface area contributed by atoms with Crippen molar-refractivity contribution in [3.63, 3.8) is 0 Å². The Kier molecular flexibility index (Phi) is 5.27. The summed E-state index contributed by atoms with van der Waals surface area (Å²) >= 11 is 0. The highest BCUT2D eigenvalue weighted by atomic mass is 16.2. The molecule has 0 fully saturated rings. The maximum Gasteiger partial charge on any atom is 0.261 e. The van der Waals surface area contributed by atoms with Crippen LogP contribution in [0.3, 0.4) is 0 Å². The second-order valence-corrected chi connectivity index (χ2v) is 9.95. The lowest BCUT2D eigenvalue weighted by atomic mass is 9.75. The number of aromatic amines is 1. The molecule has 2 aromatic heterocycles. The minimum absolute atomic E-state index is 0.00870. The molecule has 2 N–H and O–H groups in total. The molecule has 170 valence electrons. The summed E-state index contributed by atoms with van der Waals surface area (Å²) < 4.78 is 2.00. The van der Waals surface area contributed by atoms with Crippen molar-refractivity contribution in [2.75, 3.05) is 0 Å². The molecule has 2 aliphatic rings. The third-order valence-electron chi connectivity index (χ3n) is 6.71. The van der Waals surface area contributed by atoms with E-state index in [1.165, 1.54) is 11.6 Å². The molecule has 0 spiro atoms. The molecule has 0 aliphatic heterocycles. The number of aromatic nitrogens is 3. The quantitative estimate of drug-likeness (QED) is 0.643. The topological polar surface area (TPSA) is 96.8 Å². The first kappa shape index (κ1) is 21.4. The zero-order valence-corrected chi connectivity index (χ0v) is 19.0. The molecule has 7 heteroatoms. The van der Waals surface area contributed by atoms with Gasteiger partial charge in [-0.25, -0.2) is 0 Å². The van der Waals surface area contributed by atoms with Gasteiger partial charge in [-0.3, -0.25) is 19.1 Å². The molecular formula is C26H28N4O3. The van der Waals surface area contributed by atoms with E-state index in [0.717, 1.165) is 30.5 Å². The predicted octanol–water partition coefficient (Wildman–Crippen LogP) is 3.58. The Labute approximate surface area is 192 Å². The van der Waals surface area contributed by atoms with Gasteiger partial charge in [0, 0.05) is 28.9 Å². The van der Waals surface area contributed by atoms with Crippen LogP contribution in [0.25, 0.3) is 0 Å². The van der Waals surface area contributed by atoms with Crippen molar-refractivity contribution >= 4 is 11.7 Å². The molecule has 1 amide bonds. The number of ketones is 1. The number of hydrogen-bond acceptors (Lipinski definition) is 4. The molecule has 0 saturated heterocycles. The van der Waals surface area contributed by atoms with Gasteiger partial charge in [-0.05, 0) is 42.7 Å². The summed E-state index contributed by atoms with van der Waals surface area (Å²) in [5, 5.41) is 7.60. The minimum atomic E-state index is -0.453. The van der Waals surface area contributed by atoms with Crippen molar-refractivity contribution in [1.29, 1.82) is 0 Å². The second kappa shape index (κ2) is 8.14. The number of H-pyrrole nitrogens is 1. The first-order chi connectivity index (χ1) is 15.8. The van der Waals surface area contributed by atoms with Crippen LogP contribution in [0.2, 0.25) is 0 Å². The summed E-state index contributed by atoms with van der Waals surface area (Å²) in [6.45, 7) is 4.69. The Morgan fingerprint density at radius 2 is 2.00 bits per heavy atom. The van der Waals surface area contributed by atoms with E-state index in [4.69, 9.17) is 0 Å². The van der Waals surface area contributed by atoms with E-state index in [-0.39, 0.29) is 22.8 Å². The molecular weight excluding hydrogens is 416 g/mol. The Morgan fingerprint density at radius 3 is 2.79 bits per heavy atom. The number of rotatable bonds is 4. The maximum absolute atomic E-state index is 13.1. The average molecular weight is 445 g/mol. The zero-order chi connectivity index (χ0) is 23.2. The van der Waals surface area contributed by atoms with Crippen molar-refractivity contribution in [2.24, 2.45) is 5.41 Å². The third kappa shape index (κ3) is 4.15. The Balaban J connectivity index is 1.38. The molecule has 1 unspecified atom stereocenters. The summed E-state index contributed by atoms with van der Waals surface area (Å²) in [4.78, 5) is 41.2. The number of carbonyl (C=O) groups excluding carboxylic acids is 2. The third-order valence-corrected chi connectivity index (χ3v) is 6.71. The SMILES string of the molecule is CC1(C)CC(=O)c2cc(C(=O)NC3CCCc4c3cnn4Cc3ccccc3)c(=O)[nH]c2C1. The van der Waals surface area contributed by atoms with E-state index in [9.17, 15) is 14.4 Å². The Morgan fingerprint density at radius 1 is 1.21 bits per heavy atom. The maximum atomic E-state index is 13.1. The van der Waals surface area contributed by atoms with Gasteiger partial charge >= 0.3 is 0 Å². The number of pyridine rings is 1. The van der Waals surface area contributed by atoms with Crippen LogP contribution in [0.15, 0.2) is 47.4 Å². The van der Waals surface area contributed by atoms with E-state index >= 15 is 0 Å². The van der Waals surface area contributed by atoms with Crippen LogP contribution in [-0.4, -0.2) is 26.5 Å². The van der Waals surface area contributed by atoms with Crippen LogP contribution in [0.5, 0.6) is 0 Å². The summed E-state index contributed by atoms with van der Waals surface area (Å²) in [6, 6.07) is 11.4. The van der Waals surface area contributed by atoms with Gasteiger partial charge in [0.15, 0.2) is 5.78 Å². The highest BCUT2D eigenvalue weighted by molar-refractivity contribution is 6.02. The summed E-state index contributed by atoms with van der Waals surface area (Å²) in [7, 11) is 0. The van der Waals surface area contributed by atoms with Gasteiger partial charge in [0.2, 0.25) is 0 Å². The zero-order valence-electron chi connectivity index (χ0n) is 19.0. The molecule has 1 aromatic carbocycles. The van der Waals surface area contributed by atoms with Crippen LogP contribution >= 0.6 is 0 Å². The van der Waals surface area contributed by atoms with Gasteiger partial charge < -0.3 is 10.3 Å². The standard InChI is InChI=1S/C26H28N4O3/c1-26(2)12-21-17(23(31)13-26)11-18(25(33)29-21)24(32)28-20-9-6-10-22-19(20)14-27-30(22)15-16-7-4-3-5-8-16/h3-5,7-8,11,14,20H,6,9-10,12-13,15H2,1-2H3,(H,28,32)(H,29,33). The highest BCUT2D eigenvalue weighted by Crippen LogP contribution is 2.34. The van der Waals surface area contributed by atoms with E-state index < -0.39 is 11.5 Å². The first-order valence-corrected chi connectivity index (χ1v) is 11.5. The molecule has 2 aliphatic carbocycles. The number of nitrogens with one attached hydrogen (secondary N) is 2. The van der Waals surface area contributed by atoms with E-state index in [1.54, 1.807) is 0 Å². The number of Topliss-reactive ketones (excluding diaryl/α,β-unsaturated/α-hetero) is 1. The second-order valence-electron chi connectivity index (χ2n) is 9.95. The van der Waals surface area contributed by atoms with Crippen molar-refractivity contribution in [3.8, 4) is 0 Å². The van der Waals surface area contributed by atoms with Gasteiger partial charge in [0.05, 0.1) is 18.8 Å². The predicted molar refractivity (Wildman–Crippen MR) is 124 cm³/mol. The highest BCUT2D eigenvalue weighted by Gasteiger charge is 2.33. The number of fused-ring (bicyclic) bond motifs is 2. The largest absolute Gasteiger partial charge is 0.345 e. The number of benzene rings is 1. The molecule has 0 saturated carbocycles. The van der Waals surface area contributed by atoms with Gasteiger partial charge in [-0.1, -0.05) is 44.2 Å². The molecule has 0 radical (unpaired) electrons. The van der Waals surface area contributed by atoms with E-state index in [2.05, 4.69) is 27.5 Å². The van der Waals surface area contributed by atoms with Crippen molar-refractivity contribution in [2.45, 2.75) is 58.5 Å². The van der Waals surface area contributed by atoms with Crippen molar-refractivity contribution < 1.29 is 9.59 Å². The minimum Gasteiger partial charge on any atom is -0.345 e. The van der Waals surface area contributed by atoms with Crippen LogP contribution in [-0.2, 0) is 19.4 Å². The normalized spacial score (nSPS) is 19.0. The van der Waals surface area contributed by atoms with Gasteiger partial charge in [0.1, 0.15) is 5.56 Å². The molecule has 7 nitrogen and oxygen atoms in total. The number of hydrogen-bond donors (Lipinski definition) is 2. The molecule has 5 rings (SSSR count). The summed E-state index contributed by atoms with van der Waals surface area (Å²) in [5.41, 5.74) is 3.71. The molecule has 1 atom stereocenters. The van der Waals surface area contributed by atoms with Gasteiger partial charge in [-0.2, -0.15) is 5.10 Å². The lowest BCUT2D eigenvalue weighted by molar-refractivity contribution is 0.0910. The number of amides is 1. The van der Waals surface area contributed by atoms with Crippen LogP contribution in [0.4, 0.5) is 0 Å². The number of nitrogens with zero attached hydrogens (tertiary/aromatic N) is 2. The van der Waals surface area contributed by atoms with Crippen LogP contribution < -0.4 is 10.9 Å². The van der Waals surface area contributed by atoms with Gasteiger partial charge in [0.25, 0.3) is 11.5 Å². The Hall–Kier alpha value is -3.48. The fourth-order valence-corrected chi connectivity index (χ4v) is 5.09. The number of carbonyl (C=O) groups is 2. The summed E-state index contributed by atoms with van der Waals surface area (Å²) in [6.07, 6.45) is 5.44. The lowest BCUT2D eigenvalue weighted by Gasteiger charge is -2.30. The molecule has 2 heterocycles. The molecule has 3 aromatic rings. The van der Waals surface area contributed by atoms with E-state index in [0.29, 0.717) is 30.6 Å². The van der Waals surface area contributed by atoms with Crippen LogP contribution in [0.1, 0.15) is 82.4 Å².